The molecule has 0 amide bonds. The fourth-order valence-corrected chi connectivity index (χ4v) is 12.8. The number of carboxylic acids is 3. The van der Waals surface area contributed by atoms with Gasteiger partial charge < -0.3 is 40.2 Å². The molecule has 0 aromatic heterocycles. The van der Waals surface area contributed by atoms with Crippen LogP contribution in [-0.2, 0) is 49.6 Å². The summed E-state index contributed by atoms with van der Waals surface area (Å²) in [7, 11) is 3.91. The lowest BCUT2D eigenvalue weighted by Crippen LogP contribution is -2.49. The summed E-state index contributed by atoms with van der Waals surface area (Å²) in [5.41, 5.74) is -1.04. The van der Waals surface area contributed by atoms with Gasteiger partial charge in [-0.1, -0.05) is 96.2 Å². The number of nitrogens with zero attached hydrogens (tertiary/aromatic N) is 4. The Morgan fingerprint density at radius 3 is 1.70 bits per heavy atom. The van der Waals surface area contributed by atoms with E-state index in [1.54, 1.807) is 12.2 Å². The third kappa shape index (κ3) is 18.4. The van der Waals surface area contributed by atoms with Gasteiger partial charge in [0, 0.05) is 23.9 Å². The molecule has 0 saturated carbocycles. The quantitative estimate of drug-likeness (QED) is 0.0523. The number of nitrogens with one attached hydrogen (secondary N) is 2. The van der Waals surface area contributed by atoms with Gasteiger partial charge in [0.15, 0.2) is 12.5 Å². The van der Waals surface area contributed by atoms with Crippen LogP contribution in [-0.4, -0.2) is 171 Å². The van der Waals surface area contributed by atoms with Crippen LogP contribution in [0.4, 0.5) is 0 Å². The van der Waals surface area contributed by atoms with Gasteiger partial charge in [0.1, 0.15) is 40.8 Å². The van der Waals surface area contributed by atoms with Crippen LogP contribution in [0.2, 0.25) is 0 Å². The molecule has 0 spiro atoms. The van der Waals surface area contributed by atoms with E-state index in [1.165, 1.54) is 0 Å². The number of likely N-dealkylation sites (N-methyl/N-ethyl adjacent to an activating group) is 2. The Bertz CT molecular complexity index is 2310. The molecule has 1 aromatic rings. The van der Waals surface area contributed by atoms with E-state index in [4.69, 9.17) is 24.4 Å². The maximum Gasteiger partial charge on any atom is 0.328 e. The number of fused-ring (bicyclic) bond motifs is 2. The highest BCUT2D eigenvalue weighted by Crippen LogP contribution is 2.46. The summed E-state index contributed by atoms with van der Waals surface area (Å²) in [5.74, 6) is -2.25. The molecule has 8 fully saturated rings. The smallest absolute Gasteiger partial charge is 0.328 e. The summed E-state index contributed by atoms with van der Waals surface area (Å²) < 4.78 is 16.6. The second kappa shape index (κ2) is 32.3. The molecule has 0 bridgehead atoms. The van der Waals surface area contributed by atoms with E-state index >= 15 is 0 Å². The maximum atomic E-state index is 12.6. The van der Waals surface area contributed by atoms with Gasteiger partial charge in [0.2, 0.25) is 0 Å². The molecule has 8 saturated heterocycles. The van der Waals surface area contributed by atoms with Gasteiger partial charge in [-0.3, -0.25) is 43.6 Å². The molecule has 8 aliphatic heterocycles. The largest absolute Gasteiger partial charge is 0.480 e. The van der Waals surface area contributed by atoms with Gasteiger partial charge in [-0.25, -0.2) is 4.79 Å². The van der Waals surface area contributed by atoms with Crippen molar-refractivity contribution in [2.45, 2.75) is 223 Å². The Kier molecular flexibility index (Phi) is 27.4. The summed E-state index contributed by atoms with van der Waals surface area (Å²) in [6.07, 6.45) is 24.8. The van der Waals surface area contributed by atoms with Crippen LogP contribution in [0.3, 0.4) is 0 Å². The Morgan fingerprint density at radius 2 is 1.22 bits per heavy atom. The molecule has 8 heterocycles. The van der Waals surface area contributed by atoms with Crippen molar-refractivity contribution in [3.8, 4) is 0 Å². The number of ether oxygens (including phenoxy) is 3. The zero-order valence-corrected chi connectivity index (χ0v) is 51.7. The monoisotopic (exact) mass is 1160 g/mol. The highest BCUT2D eigenvalue weighted by atomic mass is 16.6. The van der Waals surface area contributed by atoms with Gasteiger partial charge in [-0.15, -0.1) is 26.3 Å². The number of likely N-dealkylation sites (tertiary alicyclic amines) is 2. The first-order valence-corrected chi connectivity index (χ1v) is 30.4. The first kappa shape index (κ1) is 70.2. The fourth-order valence-electron chi connectivity index (χ4n) is 12.8. The number of aliphatic carboxylic acids is 3. The summed E-state index contributed by atoms with van der Waals surface area (Å²) in [6, 6.07) is 9.61. The molecule has 9 rings (SSSR count). The van der Waals surface area contributed by atoms with E-state index in [1.807, 2.05) is 61.5 Å². The first-order chi connectivity index (χ1) is 39.2. The van der Waals surface area contributed by atoms with E-state index in [9.17, 15) is 33.9 Å². The summed E-state index contributed by atoms with van der Waals surface area (Å²) in [4.78, 5) is 77.1. The minimum atomic E-state index is -0.721. The van der Waals surface area contributed by atoms with Crippen LogP contribution in [0.15, 0.2) is 81.0 Å². The van der Waals surface area contributed by atoms with Gasteiger partial charge in [0.25, 0.3) is 0 Å². The van der Waals surface area contributed by atoms with Crippen LogP contribution < -0.4 is 10.6 Å². The SMILES string of the molecule is C=CCCC12CCCN1[C@@H](C(C)(C)C)OC2=O.C=CCC[C@@]1(C(=O)O)CCCN1.C=CCC[C@@]1(C(=O)O)CCCN1C.C=CCC[C@@]1(C(=O)OCc2ccccc2)CCCN1C.CC(C)(C)[C@H]1OC(=O)C2CCCN21.O=C(O)[C@@H]1CCCN1. The predicted molar refractivity (Wildman–Crippen MR) is 324 cm³/mol. The van der Waals surface area contributed by atoms with Crippen LogP contribution in [0.5, 0.6) is 0 Å². The van der Waals surface area contributed by atoms with E-state index in [0.717, 1.165) is 160 Å². The number of esters is 3. The van der Waals surface area contributed by atoms with Crippen molar-refractivity contribution < 1.29 is 58.3 Å². The molecule has 2 unspecified atom stereocenters. The van der Waals surface area contributed by atoms with Crippen molar-refractivity contribution in [2.24, 2.45) is 10.8 Å². The molecule has 1 aromatic carbocycles. The molecule has 5 N–H and O–H groups in total. The molecule has 18 heteroatoms. The second-order valence-electron chi connectivity index (χ2n) is 25.7. The number of cyclic esters (lactones) is 2. The van der Waals surface area contributed by atoms with Crippen molar-refractivity contribution in [3.05, 3.63) is 86.5 Å². The van der Waals surface area contributed by atoms with Crippen LogP contribution in [0.25, 0.3) is 0 Å². The highest BCUT2D eigenvalue weighted by Gasteiger charge is 2.59. The number of benzene rings is 1. The average molecular weight is 1160 g/mol. The number of carbonyl (C=O) groups excluding carboxylic acids is 3. The molecule has 0 aliphatic carbocycles. The molecule has 0 radical (unpaired) electrons. The minimum absolute atomic E-state index is 0.00694. The van der Waals surface area contributed by atoms with Crippen molar-refractivity contribution in [3.63, 3.8) is 0 Å². The van der Waals surface area contributed by atoms with E-state index < -0.39 is 34.5 Å². The Hall–Kier alpha value is -5.24. The van der Waals surface area contributed by atoms with Crippen molar-refractivity contribution >= 4 is 35.8 Å². The average Bonchev–Trinajstić information content (AvgIpc) is 4.25. The lowest BCUT2D eigenvalue weighted by molar-refractivity contribution is -0.158. The zero-order valence-electron chi connectivity index (χ0n) is 51.7. The molecular weight excluding hydrogens is 1060 g/mol. The number of carboxylic acid groups (broad SMARTS) is 3. The van der Waals surface area contributed by atoms with Crippen molar-refractivity contribution in [1.82, 2.24) is 30.2 Å². The Morgan fingerprint density at radius 1 is 0.651 bits per heavy atom. The van der Waals surface area contributed by atoms with Crippen LogP contribution in [0, 0.1) is 10.8 Å². The van der Waals surface area contributed by atoms with E-state index in [0.29, 0.717) is 19.4 Å². The highest BCUT2D eigenvalue weighted by molar-refractivity contribution is 5.84. The standard InChI is InChI=1S/C17H23NO2.C14H23NO2.2C10H17NO2.C9H15NO2.C5H9NO2/c1-3-4-11-17(12-8-13-18(17)2)16(19)20-14-15-9-6-5-7-10-15;1-5-6-8-14-9-7-10-15(14)11(13(2,3)4)17-12(14)16;1-10(2,3)9-11-6-4-5-7(11)8(12)13-9;1-3-4-6-10(9(12)13)7-5-8-11(10)2;1-2-3-5-9(8(11)12)6-4-7-10-9;7-5(8)4-2-1-3-6-4/h3,5-7,9-10H,1,4,8,11-14H2,2H3;5,11H,1,6-10H2,2-4H3;7,9H,4-6H2,1-3H3;3H,1,4-8H2,2H3,(H,12,13);2,10H,1,3-7H2,(H,11,12);4,6H,1-3H2,(H,7,8)/t17-;11-,14?;7?,9-;10-;9-;4-/m011000/s1. The number of hydrogen-bond donors (Lipinski definition) is 5. The third-order valence-electron chi connectivity index (χ3n) is 17.7. The topological polar surface area (TPSA) is 228 Å². The summed E-state index contributed by atoms with van der Waals surface area (Å²) in [6.45, 7) is 33.3. The van der Waals surface area contributed by atoms with Gasteiger partial charge in [-0.05, 0) is 174 Å². The Labute approximate surface area is 496 Å². The summed E-state index contributed by atoms with van der Waals surface area (Å²) in [5, 5.41) is 32.4. The van der Waals surface area contributed by atoms with Crippen LogP contribution in [0.1, 0.15) is 176 Å². The van der Waals surface area contributed by atoms with E-state index in [-0.39, 0.29) is 58.8 Å². The predicted octanol–water partition coefficient (Wildman–Crippen LogP) is 9.74. The fraction of sp³-hybridized carbons (Fsp3) is 0.692. The number of allylic oxidation sites excluding steroid dienone is 4. The Balaban J connectivity index is 0.000000218. The van der Waals surface area contributed by atoms with Gasteiger partial charge >= 0.3 is 35.8 Å². The number of carbonyl (C=O) groups is 6. The van der Waals surface area contributed by atoms with E-state index in [2.05, 4.69) is 93.2 Å². The lowest BCUT2D eigenvalue weighted by Gasteiger charge is -2.35. The summed E-state index contributed by atoms with van der Waals surface area (Å²) >= 11 is 0. The minimum Gasteiger partial charge on any atom is -0.480 e. The molecule has 466 valence electrons. The second-order valence-corrected chi connectivity index (χ2v) is 25.7. The zero-order chi connectivity index (χ0) is 61.7. The molecule has 18 nitrogen and oxygen atoms in total. The molecule has 83 heavy (non-hydrogen) atoms. The lowest BCUT2D eigenvalue weighted by atomic mass is 9.89. The van der Waals surface area contributed by atoms with Gasteiger partial charge in [0.05, 0.1) is 0 Å². The van der Waals surface area contributed by atoms with Crippen molar-refractivity contribution in [2.75, 3.05) is 53.4 Å². The molecule has 8 atom stereocenters. The third-order valence-corrected chi connectivity index (χ3v) is 17.7. The number of rotatable bonds is 18. The number of hydrogen-bond acceptors (Lipinski definition) is 15. The normalized spacial score (nSPS) is 29.2. The molecule has 8 aliphatic rings. The van der Waals surface area contributed by atoms with Crippen molar-refractivity contribution in [1.29, 1.82) is 0 Å². The molecular formula is C65H104N6O12. The maximum absolute atomic E-state index is 12.6. The van der Waals surface area contributed by atoms with Gasteiger partial charge in [-0.2, -0.15) is 0 Å². The van der Waals surface area contributed by atoms with Crippen LogP contribution >= 0.6 is 0 Å². The first-order valence-electron chi connectivity index (χ1n) is 30.4.